The van der Waals surface area contributed by atoms with Crippen LogP contribution in [0.1, 0.15) is 17.7 Å². The quantitative estimate of drug-likeness (QED) is 0.913. The summed E-state index contributed by atoms with van der Waals surface area (Å²) in [5.41, 5.74) is 0. The highest BCUT2D eigenvalue weighted by Crippen LogP contribution is 2.22. The van der Waals surface area contributed by atoms with Gasteiger partial charge in [0.05, 0.1) is 6.10 Å². The molecule has 14 heavy (non-hydrogen) atoms. The first kappa shape index (κ1) is 10.6. The van der Waals surface area contributed by atoms with Crippen molar-refractivity contribution in [1.29, 1.82) is 0 Å². The zero-order chi connectivity index (χ0) is 9.80. The number of thiophene rings is 1. The maximum Gasteiger partial charge on any atom is 0.0700 e. The van der Waals surface area contributed by atoms with Crippen molar-refractivity contribution >= 4 is 27.3 Å². The summed E-state index contributed by atoms with van der Waals surface area (Å²) in [7, 11) is 0. The molecule has 0 bridgehead atoms. The zero-order valence-corrected chi connectivity index (χ0v) is 10.4. The van der Waals surface area contributed by atoms with E-state index in [1.165, 1.54) is 22.2 Å². The highest BCUT2D eigenvalue weighted by molar-refractivity contribution is 9.10. The average Bonchev–Trinajstić information content (AvgIpc) is 2.78. The Labute approximate surface area is 96.8 Å². The van der Waals surface area contributed by atoms with Gasteiger partial charge in [0.15, 0.2) is 0 Å². The molecule has 2 rings (SSSR count). The van der Waals surface area contributed by atoms with Crippen molar-refractivity contribution in [3.8, 4) is 0 Å². The molecular weight excluding hydrogens is 262 g/mol. The van der Waals surface area contributed by atoms with Gasteiger partial charge in [0.25, 0.3) is 0 Å². The van der Waals surface area contributed by atoms with E-state index in [0.29, 0.717) is 6.10 Å². The summed E-state index contributed by atoms with van der Waals surface area (Å²) in [5, 5.41) is 5.53. The van der Waals surface area contributed by atoms with Gasteiger partial charge in [-0.2, -0.15) is 0 Å². The first-order valence-corrected chi connectivity index (χ1v) is 6.58. The van der Waals surface area contributed by atoms with Gasteiger partial charge in [-0.25, -0.2) is 0 Å². The predicted octanol–water partition coefficient (Wildman–Crippen LogP) is 2.78. The first-order chi connectivity index (χ1) is 6.86. The Kier molecular flexibility index (Phi) is 3.99. The summed E-state index contributed by atoms with van der Waals surface area (Å²) in [6.45, 7) is 2.86. The van der Waals surface area contributed by atoms with Gasteiger partial charge in [-0.3, -0.25) is 0 Å². The van der Waals surface area contributed by atoms with Gasteiger partial charge in [0, 0.05) is 29.0 Å². The number of halogens is 1. The molecule has 0 saturated carbocycles. The summed E-state index contributed by atoms with van der Waals surface area (Å²) < 4.78 is 6.74. The van der Waals surface area contributed by atoms with Gasteiger partial charge >= 0.3 is 0 Å². The zero-order valence-electron chi connectivity index (χ0n) is 7.96. The minimum absolute atomic E-state index is 0.439. The molecule has 1 saturated heterocycles. The van der Waals surface area contributed by atoms with Gasteiger partial charge in [0.1, 0.15) is 0 Å². The van der Waals surface area contributed by atoms with Crippen molar-refractivity contribution in [2.24, 2.45) is 0 Å². The topological polar surface area (TPSA) is 21.3 Å². The van der Waals surface area contributed by atoms with E-state index in [2.05, 4.69) is 32.7 Å². The fourth-order valence-electron chi connectivity index (χ4n) is 1.60. The molecule has 0 aromatic carbocycles. The molecule has 1 fully saturated rings. The molecule has 0 unspecified atom stereocenters. The van der Waals surface area contributed by atoms with E-state index in [4.69, 9.17) is 4.74 Å². The molecule has 2 heterocycles. The van der Waals surface area contributed by atoms with Gasteiger partial charge in [-0.15, -0.1) is 11.3 Å². The third-order valence-electron chi connectivity index (χ3n) is 2.37. The maximum atomic E-state index is 5.53. The van der Waals surface area contributed by atoms with Gasteiger partial charge in [-0.1, -0.05) is 0 Å². The second-order valence-electron chi connectivity index (χ2n) is 3.46. The molecule has 1 aromatic rings. The molecule has 0 spiro atoms. The van der Waals surface area contributed by atoms with Crippen LogP contribution in [0.15, 0.2) is 15.9 Å². The van der Waals surface area contributed by atoms with Crippen molar-refractivity contribution < 1.29 is 4.74 Å². The molecule has 1 aliphatic rings. The number of ether oxygens (including phenoxy) is 1. The fraction of sp³-hybridized carbons (Fsp3) is 0.600. The van der Waals surface area contributed by atoms with Crippen LogP contribution in [0.5, 0.6) is 0 Å². The molecule has 1 aromatic heterocycles. The van der Waals surface area contributed by atoms with Crippen LogP contribution in [0.4, 0.5) is 0 Å². The third-order valence-corrected chi connectivity index (χ3v) is 4.30. The minimum Gasteiger partial charge on any atom is -0.377 e. The second-order valence-corrected chi connectivity index (χ2v) is 5.31. The molecule has 1 N–H and O–H groups in total. The molecule has 0 aliphatic carbocycles. The van der Waals surface area contributed by atoms with Gasteiger partial charge in [-0.05, 0) is 40.2 Å². The van der Waals surface area contributed by atoms with E-state index in [9.17, 15) is 0 Å². The van der Waals surface area contributed by atoms with Crippen LogP contribution in [-0.4, -0.2) is 19.3 Å². The van der Waals surface area contributed by atoms with E-state index in [0.717, 1.165) is 19.7 Å². The van der Waals surface area contributed by atoms with Gasteiger partial charge in [0.2, 0.25) is 0 Å². The Balaban J connectivity index is 1.70. The number of rotatable bonds is 4. The van der Waals surface area contributed by atoms with Crippen molar-refractivity contribution in [3.63, 3.8) is 0 Å². The van der Waals surface area contributed by atoms with Crippen molar-refractivity contribution in [2.75, 3.05) is 13.2 Å². The molecule has 4 heteroatoms. The Morgan fingerprint density at radius 3 is 3.21 bits per heavy atom. The lowest BCUT2D eigenvalue weighted by Gasteiger charge is -2.09. The Morgan fingerprint density at radius 2 is 2.57 bits per heavy atom. The summed E-state index contributed by atoms with van der Waals surface area (Å²) in [6, 6.07) is 2.09. The van der Waals surface area contributed by atoms with Crippen LogP contribution in [0.2, 0.25) is 0 Å². The van der Waals surface area contributed by atoms with Crippen LogP contribution in [0.25, 0.3) is 0 Å². The van der Waals surface area contributed by atoms with E-state index in [1.807, 2.05) is 0 Å². The highest BCUT2D eigenvalue weighted by atomic mass is 79.9. The van der Waals surface area contributed by atoms with Crippen LogP contribution in [-0.2, 0) is 11.3 Å². The van der Waals surface area contributed by atoms with Crippen molar-refractivity contribution in [1.82, 2.24) is 5.32 Å². The van der Waals surface area contributed by atoms with E-state index in [1.54, 1.807) is 11.3 Å². The smallest absolute Gasteiger partial charge is 0.0700 e. The molecule has 2 nitrogen and oxygen atoms in total. The summed E-state index contributed by atoms with van der Waals surface area (Å²) in [4.78, 5) is 1.36. The van der Waals surface area contributed by atoms with Crippen LogP contribution < -0.4 is 5.32 Å². The van der Waals surface area contributed by atoms with E-state index in [-0.39, 0.29) is 0 Å². The standard InChI is InChI=1S/C10H14BrNOS/c11-9-3-5-14-10(9)7-12-6-8-2-1-4-13-8/h3,5,8,12H,1-2,4,6-7H2/t8-/m0/s1. The fourth-order valence-corrected chi connectivity index (χ4v) is 3.07. The normalized spacial score (nSPS) is 21.6. The summed E-state index contributed by atoms with van der Waals surface area (Å²) in [5.74, 6) is 0. The van der Waals surface area contributed by atoms with Crippen LogP contribution >= 0.6 is 27.3 Å². The third kappa shape index (κ3) is 2.79. The minimum atomic E-state index is 0.439. The first-order valence-electron chi connectivity index (χ1n) is 4.90. The molecule has 0 amide bonds. The largest absolute Gasteiger partial charge is 0.377 e. The number of nitrogens with one attached hydrogen (secondary N) is 1. The van der Waals surface area contributed by atoms with Crippen molar-refractivity contribution in [2.45, 2.75) is 25.5 Å². The highest BCUT2D eigenvalue weighted by Gasteiger charge is 2.14. The second kappa shape index (κ2) is 5.26. The maximum absolute atomic E-state index is 5.53. The average molecular weight is 276 g/mol. The molecule has 1 atom stereocenters. The monoisotopic (exact) mass is 275 g/mol. The number of hydrogen-bond acceptors (Lipinski definition) is 3. The predicted molar refractivity (Wildman–Crippen MR) is 62.7 cm³/mol. The van der Waals surface area contributed by atoms with Gasteiger partial charge < -0.3 is 10.1 Å². The van der Waals surface area contributed by atoms with E-state index >= 15 is 0 Å². The number of hydrogen-bond donors (Lipinski definition) is 1. The molecule has 0 radical (unpaired) electrons. The summed E-state index contributed by atoms with van der Waals surface area (Å²) >= 11 is 5.30. The molecule has 78 valence electrons. The summed E-state index contributed by atoms with van der Waals surface area (Å²) in [6.07, 6.45) is 2.86. The SMILES string of the molecule is Brc1ccsc1CNC[C@@H]1CCCO1. The molecule has 1 aliphatic heterocycles. The Morgan fingerprint density at radius 1 is 1.64 bits per heavy atom. The Bertz CT molecular complexity index is 283. The Hall–Kier alpha value is 0.1000. The van der Waals surface area contributed by atoms with Crippen LogP contribution in [0, 0.1) is 0 Å². The van der Waals surface area contributed by atoms with Crippen LogP contribution in [0.3, 0.4) is 0 Å². The van der Waals surface area contributed by atoms with E-state index < -0.39 is 0 Å². The lowest BCUT2D eigenvalue weighted by molar-refractivity contribution is 0.110. The molecular formula is C10H14BrNOS. The lowest BCUT2D eigenvalue weighted by Crippen LogP contribution is -2.25. The van der Waals surface area contributed by atoms with Crippen molar-refractivity contribution in [3.05, 3.63) is 20.8 Å². The lowest BCUT2D eigenvalue weighted by atomic mass is 10.2.